The van der Waals surface area contributed by atoms with Gasteiger partial charge in [-0.25, -0.2) is 4.98 Å². The van der Waals surface area contributed by atoms with E-state index in [1.807, 2.05) is 18.2 Å². The van der Waals surface area contributed by atoms with Crippen molar-refractivity contribution in [3.8, 4) is 0 Å². The first-order valence-electron chi connectivity index (χ1n) is 5.96. The van der Waals surface area contributed by atoms with Crippen molar-refractivity contribution < 1.29 is 4.74 Å². The SMILES string of the molecule is COCCCCn1c(CCl)nc2cc(Cl)ccc21. The van der Waals surface area contributed by atoms with E-state index in [-0.39, 0.29) is 0 Å². The summed E-state index contributed by atoms with van der Waals surface area (Å²) in [5, 5.41) is 0.702. The molecule has 0 bridgehead atoms. The van der Waals surface area contributed by atoms with Gasteiger partial charge < -0.3 is 9.30 Å². The summed E-state index contributed by atoms with van der Waals surface area (Å²) in [5.41, 5.74) is 2.00. The van der Waals surface area contributed by atoms with E-state index in [9.17, 15) is 0 Å². The quantitative estimate of drug-likeness (QED) is 0.596. The second-order valence-corrected chi connectivity index (χ2v) is 4.85. The fraction of sp³-hybridized carbons (Fsp3) is 0.462. The second kappa shape index (κ2) is 6.41. The summed E-state index contributed by atoms with van der Waals surface area (Å²) >= 11 is 11.9. The lowest BCUT2D eigenvalue weighted by molar-refractivity contribution is 0.191. The average Bonchev–Trinajstić information content (AvgIpc) is 2.71. The molecular weight excluding hydrogens is 271 g/mol. The molecule has 1 aromatic heterocycles. The van der Waals surface area contributed by atoms with Gasteiger partial charge in [0.1, 0.15) is 5.82 Å². The van der Waals surface area contributed by atoms with Crippen molar-refractivity contribution in [2.24, 2.45) is 0 Å². The first-order valence-corrected chi connectivity index (χ1v) is 6.87. The zero-order valence-corrected chi connectivity index (χ0v) is 11.8. The number of aryl methyl sites for hydroxylation is 1. The smallest absolute Gasteiger partial charge is 0.124 e. The van der Waals surface area contributed by atoms with E-state index in [2.05, 4.69) is 9.55 Å². The Morgan fingerprint density at radius 2 is 2.17 bits per heavy atom. The van der Waals surface area contributed by atoms with E-state index in [4.69, 9.17) is 27.9 Å². The predicted molar refractivity (Wildman–Crippen MR) is 75.4 cm³/mol. The molecule has 2 rings (SSSR count). The molecule has 3 nitrogen and oxygen atoms in total. The highest BCUT2D eigenvalue weighted by Crippen LogP contribution is 2.22. The van der Waals surface area contributed by atoms with Crippen LogP contribution in [0, 0.1) is 0 Å². The van der Waals surface area contributed by atoms with E-state index < -0.39 is 0 Å². The minimum absolute atomic E-state index is 0.413. The van der Waals surface area contributed by atoms with Crippen LogP contribution in [0.4, 0.5) is 0 Å². The van der Waals surface area contributed by atoms with Crippen molar-refractivity contribution >= 4 is 34.2 Å². The number of methoxy groups -OCH3 is 1. The van der Waals surface area contributed by atoms with Gasteiger partial charge in [-0.3, -0.25) is 0 Å². The number of imidazole rings is 1. The minimum Gasteiger partial charge on any atom is -0.385 e. The van der Waals surface area contributed by atoms with Crippen molar-refractivity contribution in [3.63, 3.8) is 0 Å². The Hall–Kier alpha value is -0.770. The fourth-order valence-electron chi connectivity index (χ4n) is 2.02. The van der Waals surface area contributed by atoms with Gasteiger partial charge in [-0.15, -0.1) is 11.6 Å². The summed E-state index contributed by atoms with van der Waals surface area (Å²) in [6.07, 6.45) is 2.08. The van der Waals surface area contributed by atoms with Crippen LogP contribution in [-0.2, 0) is 17.2 Å². The summed E-state index contributed by atoms with van der Waals surface area (Å²) in [7, 11) is 1.72. The molecule has 0 aliphatic rings. The van der Waals surface area contributed by atoms with Gasteiger partial charge in [0.25, 0.3) is 0 Å². The molecule has 1 aromatic carbocycles. The third kappa shape index (κ3) is 2.97. The number of hydrogen-bond donors (Lipinski definition) is 0. The summed E-state index contributed by atoms with van der Waals surface area (Å²) in [5.74, 6) is 1.31. The molecule has 0 saturated heterocycles. The molecule has 0 aliphatic heterocycles. The number of fused-ring (bicyclic) bond motifs is 1. The fourth-order valence-corrected chi connectivity index (χ4v) is 2.39. The molecule has 18 heavy (non-hydrogen) atoms. The maximum atomic E-state index is 5.97. The van der Waals surface area contributed by atoms with Gasteiger partial charge in [-0.1, -0.05) is 11.6 Å². The topological polar surface area (TPSA) is 27.1 Å². The Kier molecular flexibility index (Phi) is 4.87. The first kappa shape index (κ1) is 13.7. The Morgan fingerprint density at radius 1 is 1.33 bits per heavy atom. The van der Waals surface area contributed by atoms with Crippen molar-refractivity contribution in [1.82, 2.24) is 9.55 Å². The lowest BCUT2D eigenvalue weighted by atomic mass is 10.3. The lowest BCUT2D eigenvalue weighted by Gasteiger charge is -2.07. The van der Waals surface area contributed by atoms with E-state index >= 15 is 0 Å². The van der Waals surface area contributed by atoms with Crippen LogP contribution >= 0.6 is 23.2 Å². The summed E-state index contributed by atoms with van der Waals surface area (Å²) < 4.78 is 7.21. The number of alkyl halides is 1. The van der Waals surface area contributed by atoms with Gasteiger partial charge in [-0.2, -0.15) is 0 Å². The van der Waals surface area contributed by atoms with Crippen LogP contribution in [-0.4, -0.2) is 23.3 Å². The van der Waals surface area contributed by atoms with Gasteiger partial charge in [0.15, 0.2) is 0 Å². The number of nitrogens with zero attached hydrogens (tertiary/aromatic N) is 2. The third-order valence-corrected chi connectivity index (χ3v) is 3.36. The molecule has 0 atom stereocenters. The van der Waals surface area contributed by atoms with E-state index in [1.54, 1.807) is 7.11 Å². The van der Waals surface area contributed by atoms with Crippen LogP contribution in [0.25, 0.3) is 11.0 Å². The Morgan fingerprint density at radius 3 is 2.89 bits per heavy atom. The Labute approximate surface area is 117 Å². The Balaban J connectivity index is 2.23. The summed E-state index contributed by atoms with van der Waals surface area (Å²) in [6.45, 7) is 1.69. The summed E-state index contributed by atoms with van der Waals surface area (Å²) in [4.78, 5) is 4.51. The molecule has 98 valence electrons. The molecule has 0 N–H and O–H groups in total. The maximum Gasteiger partial charge on any atom is 0.124 e. The van der Waals surface area contributed by atoms with Crippen LogP contribution < -0.4 is 0 Å². The van der Waals surface area contributed by atoms with Crippen molar-refractivity contribution in [3.05, 3.63) is 29.0 Å². The number of benzene rings is 1. The molecule has 1 heterocycles. The number of hydrogen-bond acceptors (Lipinski definition) is 2. The van der Waals surface area contributed by atoms with Gasteiger partial charge in [0, 0.05) is 25.3 Å². The number of unbranched alkanes of at least 4 members (excludes halogenated alkanes) is 1. The summed E-state index contributed by atoms with van der Waals surface area (Å²) in [6, 6.07) is 5.75. The van der Waals surface area contributed by atoms with Gasteiger partial charge in [0.2, 0.25) is 0 Å². The monoisotopic (exact) mass is 286 g/mol. The van der Waals surface area contributed by atoms with Gasteiger partial charge in [0.05, 0.1) is 16.9 Å². The molecule has 2 aromatic rings. The van der Waals surface area contributed by atoms with E-state index in [1.165, 1.54) is 0 Å². The van der Waals surface area contributed by atoms with E-state index in [0.717, 1.165) is 42.9 Å². The van der Waals surface area contributed by atoms with Crippen LogP contribution in [0.15, 0.2) is 18.2 Å². The molecule has 0 radical (unpaired) electrons. The third-order valence-electron chi connectivity index (χ3n) is 2.89. The second-order valence-electron chi connectivity index (χ2n) is 4.15. The molecule has 0 fully saturated rings. The van der Waals surface area contributed by atoms with Gasteiger partial charge >= 0.3 is 0 Å². The number of ether oxygens (including phenoxy) is 1. The standard InChI is InChI=1S/C13H16Cl2N2O/c1-18-7-3-2-6-17-12-5-4-10(15)8-11(12)16-13(17)9-14/h4-5,8H,2-3,6-7,9H2,1H3. The lowest BCUT2D eigenvalue weighted by Crippen LogP contribution is -2.03. The van der Waals surface area contributed by atoms with Crippen LogP contribution in [0.5, 0.6) is 0 Å². The number of rotatable bonds is 6. The molecule has 0 unspecified atom stereocenters. The minimum atomic E-state index is 0.413. The molecular formula is C13H16Cl2N2O. The molecule has 5 heteroatoms. The van der Waals surface area contributed by atoms with Gasteiger partial charge in [-0.05, 0) is 31.0 Å². The van der Waals surface area contributed by atoms with Crippen molar-refractivity contribution in [2.45, 2.75) is 25.3 Å². The van der Waals surface area contributed by atoms with Crippen LogP contribution in [0.1, 0.15) is 18.7 Å². The largest absolute Gasteiger partial charge is 0.385 e. The van der Waals surface area contributed by atoms with Crippen LogP contribution in [0.2, 0.25) is 5.02 Å². The number of aromatic nitrogens is 2. The van der Waals surface area contributed by atoms with Crippen LogP contribution in [0.3, 0.4) is 0 Å². The first-order chi connectivity index (χ1) is 8.76. The normalized spacial score (nSPS) is 11.3. The van der Waals surface area contributed by atoms with E-state index in [0.29, 0.717) is 10.9 Å². The zero-order chi connectivity index (χ0) is 13.0. The highest BCUT2D eigenvalue weighted by molar-refractivity contribution is 6.31. The van der Waals surface area contributed by atoms with Crippen molar-refractivity contribution in [2.75, 3.05) is 13.7 Å². The average molecular weight is 287 g/mol. The Bertz CT molecular complexity index is 525. The highest BCUT2D eigenvalue weighted by atomic mass is 35.5. The molecule has 0 saturated carbocycles. The highest BCUT2D eigenvalue weighted by Gasteiger charge is 2.09. The zero-order valence-electron chi connectivity index (χ0n) is 10.3. The predicted octanol–water partition coefficient (Wildman–Crippen LogP) is 3.86. The molecule has 0 aliphatic carbocycles. The molecule has 0 amide bonds. The maximum absolute atomic E-state index is 5.97. The number of halogens is 2. The molecule has 0 spiro atoms. The van der Waals surface area contributed by atoms with Crippen molar-refractivity contribution in [1.29, 1.82) is 0 Å².